The van der Waals surface area contributed by atoms with E-state index < -0.39 is 29.9 Å². The van der Waals surface area contributed by atoms with Crippen molar-refractivity contribution in [2.75, 3.05) is 30.5 Å². The fourth-order valence-corrected chi connectivity index (χ4v) is 4.38. The van der Waals surface area contributed by atoms with Gasteiger partial charge in [-0.05, 0) is 61.2 Å². The van der Waals surface area contributed by atoms with E-state index in [-0.39, 0.29) is 30.8 Å². The average molecular weight is 561 g/mol. The number of methoxy groups -OCH3 is 1. The zero-order chi connectivity index (χ0) is 29.2. The summed E-state index contributed by atoms with van der Waals surface area (Å²) in [5.74, 6) is -2.03. The molecule has 1 aliphatic rings. The molecule has 10 nitrogen and oxygen atoms in total. The lowest BCUT2D eigenvalue weighted by atomic mass is 10.1. The Morgan fingerprint density at radius 1 is 0.951 bits per heavy atom. The predicted molar refractivity (Wildman–Crippen MR) is 151 cm³/mol. The summed E-state index contributed by atoms with van der Waals surface area (Å²) < 4.78 is 16.1. The molecule has 4 rings (SSSR count). The Labute approximate surface area is 237 Å². The first-order valence-corrected chi connectivity index (χ1v) is 13.3. The molecule has 0 saturated heterocycles. The summed E-state index contributed by atoms with van der Waals surface area (Å²) in [6, 6.07) is 21.7. The number of hydrogen-bond acceptors (Lipinski definition) is 7. The van der Waals surface area contributed by atoms with Crippen molar-refractivity contribution in [3.63, 3.8) is 0 Å². The molecule has 2 amide bonds. The van der Waals surface area contributed by atoms with Crippen LogP contribution in [-0.2, 0) is 25.5 Å². The largest absolute Gasteiger partial charge is 0.494 e. The minimum atomic E-state index is -1.35. The van der Waals surface area contributed by atoms with Gasteiger partial charge in [-0.25, -0.2) is 4.79 Å². The number of anilines is 2. The van der Waals surface area contributed by atoms with E-state index in [1.54, 1.807) is 42.5 Å². The van der Waals surface area contributed by atoms with Crippen LogP contribution in [-0.4, -0.2) is 55.2 Å². The second-order valence-electron chi connectivity index (χ2n) is 9.45. The molecule has 0 radical (unpaired) electrons. The van der Waals surface area contributed by atoms with Crippen molar-refractivity contribution in [1.82, 2.24) is 0 Å². The molecular weight excluding hydrogens is 528 g/mol. The van der Waals surface area contributed by atoms with E-state index in [0.29, 0.717) is 23.6 Å². The van der Waals surface area contributed by atoms with Crippen molar-refractivity contribution in [3.05, 3.63) is 83.9 Å². The summed E-state index contributed by atoms with van der Waals surface area (Å²) in [5.41, 5.74) is 2.16. The van der Waals surface area contributed by atoms with Crippen molar-refractivity contribution in [2.24, 2.45) is 0 Å². The molecule has 41 heavy (non-hydrogen) atoms. The van der Waals surface area contributed by atoms with Gasteiger partial charge in [-0.1, -0.05) is 36.4 Å². The van der Waals surface area contributed by atoms with Crippen LogP contribution in [0.25, 0.3) is 0 Å². The van der Waals surface area contributed by atoms with Gasteiger partial charge >= 0.3 is 11.9 Å². The molecule has 0 bridgehead atoms. The summed E-state index contributed by atoms with van der Waals surface area (Å²) >= 11 is 0. The summed E-state index contributed by atoms with van der Waals surface area (Å²) in [7, 11) is 1.22. The van der Waals surface area contributed by atoms with Gasteiger partial charge in [-0.2, -0.15) is 0 Å². The number of rotatable bonds is 12. The topological polar surface area (TPSA) is 131 Å². The highest BCUT2D eigenvalue weighted by molar-refractivity contribution is 6.07. The molecular formula is C31H32N2O8. The van der Waals surface area contributed by atoms with Crippen LogP contribution in [0.15, 0.2) is 72.8 Å². The Hall–Kier alpha value is -4.86. The van der Waals surface area contributed by atoms with Gasteiger partial charge in [-0.15, -0.1) is 0 Å². The first-order chi connectivity index (χ1) is 19.9. The number of para-hydroxylation sites is 1. The van der Waals surface area contributed by atoms with Gasteiger partial charge in [0.05, 0.1) is 38.1 Å². The van der Waals surface area contributed by atoms with Gasteiger partial charge in [0.15, 0.2) is 5.75 Å². The second-order valence-corrected chi connectivity index (χ2v) is 9.45. The number of nitrogens with zero attached hydrogens (tertiary/aromatic N) is 1. The highest BCUT2D eigenvalue weighted by Crippen LogP contribution is 2.40. The zero-order valence-electron chi connectivity index (χ0n) is 22.7. The van der Waals surface area contributed by atoms with Gasteiger partial charge in [0.2, 0.25) is 12.0 Å². The van der Waals surface area contributed by atoms with Gasteiger partial charge < -0.3 is 29.5 Å². The molecule has 1 unspecified atom stereocenters. The lowest BCUT2D eigenvalue weighted by Gasteiger charge is -2.34. The number of amides is 2. The van der Waals surface area contributed by atoms with Crippen LogP contribution in [0.1, 0.15) is 41.6 Å². The Kier molecular flexibility index (Phi) is 9.93. The van der Waals surface area contributed by atoms with Crippen LogP contribution in [0.4, 0.5) is 11.4 Å². The minimum absolute atomic E-state index is 0.0568. The molecule has 1 aliphatic heterocycles. The lowest BCUT2D eigenvalue weighted by molar-refractivity contribution is -0.145. The molecule has 0 aromatic heterocycles. The van der Waals surface area contributed by atoms with Crippen molar-refractivity contribution < 1.29 is 38.5 Å². The van der Waals surface area contributed by atoms with Crippen molar-refractivity contribution in [1.29, 1.82) is 0 Å². The third-order valence-electron chi connectivity index (χ3n) is 6.58. The number of benzene rings is 3. The Morgan fingerprint density at radius 2 is 1.71 bits per heavy atom. The van der Waals surface area contributed by atoms with E-state index in [1.807, 2.05) is 18.2 Å². The quantitative estimate of drug-likeness (QED) is 0.245. The predicted octanol–water partition coefficient (Wildman–Crippen LogP) is 4.47. The van der Waals surface area contributed by atoms with Crippen molar-refractivity contribution in [3.8, 4) is 11.5 Å². The maximum Gasteiger partial charge on any atom is 0.346 e. The molecule has 3 aromatic rings. The normalized spacial score (nSPS) is 13.9. The minimum Gasteiger partial charge on any atom is -0.494 e. The zero-order valence-corrected chi connectivity index (χ0v) is 22.7. The third-order valence-corrected chi connectivity index (χ3v) is 6.58. The number of ether oxygens (including phenoxy) is 3. The third kappa shape index (κ3) is 7.84. The number of carbonyl (C=O) groups is 4. The molecule has 0 aliphatic carbocycles. The Bertz CT molecular complexity index is 1370. The fourth-order valence-electron chi connectivity index (χ4n) is 4.38. The number of carbonyl (C=O) groups excluding carboxylic acids is 3. The molecule has 1 atom stereocenters. The molecule has 0 saturated carbocycles. The molecule has 0 fully saturated rings. The SMILES string of the molecule is COC(=O)CCC(=O)N1CC(C(=O)O)Oc2c(NC(=O)c3ccc(OCCCCc4ccccc4)cc3)cccc21. The van der Waals surface area contributed by atoms with E-state index >= 15 is 0 Å². The molecule has 214 valence electrons. The van der Waals surface area contributed by atoms with Crippen LogP contribution < -0.4 is 19.7 Å². The molecule has 0 spiro atoms. The van der Waals surface area contributed by atoms with Gasteiger partial charge in [0, 0.05) is 12.0 Å². The highest BCUT2D eigenvalue weighted by Gasteiger charge is 2.35. The summed E-state index contributed by atoms with van der Waals surface area (Å²) in [6.45, 7) is 0.318. The van der Waals surface area contributed by atoms with Gasteiger partial charge in [0.25, 0.3) is 5.91 Å². The number of carboxylic acid groups (broad SMARTS) is 1. The standard InChI is InChI=1S/C31H32N2O8/c1-39-28(35)18-17-27(34)33-20-26(31(37)38)41-29-24(11-7-12-25(29)33)32-30(36)22-13-15-23(16-14-22)40-19-6-5-10-21-8-3-2-4-9-21/h2-4,7-9,11-16,26H,5-6,10,17-20H2,1H3,(H,32,36)(H,37,38). The number of esters is 1. The number of nitrogens with one attached hydrogen (secondary N) is 1. The maximum absolute atomic E-state index is 13.0. The van der Waals surface area contributed by atoms with Gasteiger partial charge in [-0.3, -0.25) is 14.4 Å². The smallest absolute Gasteiger partial charge is 0.346 e. The van der Waals surface area contributed by atoms with Crippen molar-refractivity contribution >= 4 is 35.1 Å². The average Bonchev–Trinajstić information content (AvgIpc) is 2.99. The highest BCUT2D eigenvalue weighted by atomic mass is 16.5. The summed E-state index contributed by atoms with van der Waals surface area (Å²) in [6.07, 6.45) is 1.22. The van der Waals surface area contributed by atoms with Crippen molar-refractivity contribution in [2.45, 2.75) is 38.2 Å². The Balaban J connectivity index is 1.38. The van der Waals surface area contributed by atoms with Crippen LogP contribution in [0, 0.1) is 0 Å². The van der Waals surface area contributed by atoms with E-state index in [4.69, 9.17) is 9.47 Å². The monoisotopic (exact) mass is 560 g/mol. The van der Waals surface area contributed by atoms with Crippen LogP contribution in [0.3, 0.4) is 0 Å². The van der Waals surface area contributed by atoms with E-state index in [0.717, 1.165) is 19.3 Å². The maximum atomic E-state index is 13.0. The molecule has 3 aromatic carbocycles. The molecule has 1 heterocycles. The fraction of sp³-hybridized carbons (Fsp3) is 0.290. The summed E-state index contributed by atoms with van der Waals surface area (Å²) in [5, 5.41) is 12.4. The number of hydrogen-bond donors (Lipinski definition) is 2. The Morgan fingerprint density at radius 3 is 2.41 bits per heavy atom. The molecule has 10 heteroatoms. The number of aryl methyl sites for hydroxylation is 1. The molecule has 2 N–H and O–H groups in total. The van der Waals surface area contributed by atoms with E-state index in [9.17, 15) is 24.3 Å². The first-order valence-electron chi connectivity index (χ1n) is 13.3. The van der Waals surface area contributed by atoms with Crippen LogP contribution >= 0.6 is 0 Å². The lowest BCUT2D eigenvalue weighted by Crippen LogP contribution is -2.47. The number of carboxylic acids is 1. The number of unbranched alkanes of at least 4 members (excludes halogenated alkanes) is 1. The van der Waals surface area contributed by atoms with Gasteiger partial charge in [0.1, 0.15) is 5.75 Å². The van der Waals surface area contributed by atoms with E-state index in [2.05, 4.69) is 22.2 Å². The van der Waals surface area contributed by atoms with Crippen LogP contribution in [0.5, 0.6) is 11.5 Å². The summed E-state index contributed by atoms with van der Waals surface area (Å²) in [4.78, 5) is 50.4. The number of aliphatic carboxylic acids is 1. The number of fused-ring (bicyclic) bond motifs is 1. The first kappa shape index (κ1) is 29.1. The van der Waals surface area contributed by atoms with E-state index in [1.165, 1.54) is 17.6 Å². The second kappa shape index (κ2) is 14.0. The van der Waals surface area contributed by atoms with Crippen LogP contribution in [0.2, 0.25) is 0 Å².